The highest BCUT2D eigenvalue weighted by Gasteiger charge is 2.41. The first-order valence-electron chi connectivity index (χ1n) is 5.93. The molecule has 0 saturated carbocycles. The van der Waals surface area contributed by atoms with Gasteiger partial charge in [0.15, 0.2) is 14.6 Å². The largest absolute Gasteiger partial charge is 0.227 e. The van der Waals surface area contributed by atoms with Gasteiger partial charge in [0.25, 0.3) is 0 Å². The normalized spacial score (nSPS) is 15.1. The van der Waals surface area contributed by atoms with Crippen LogP contribution in [0.15, 0.2) is 24.3 Å². The second-order valence-corrected chi connectivity index (χ2v) is 8.03. The molecule has 0 bridgehead atoms. The number of hydrogen-bond acceptors (Lipinski definition) is 3. The molecule has 0 aliphatic heterocycles. The van der Waals surface area contributed by atoms with Crippen molar-refractivity contribution in [2.24, 2.45) is 0 Å². The highest BCUT2D eigenvalue weighted by atomic mass is 32.2. The van der Waals surface area contributed by atoms with E-state index in [1.807, 2.05) is 37.3 Å². The van der Waals surface area contributed by atoms with Crippen molar-refractivity contribution in [1.82, 2.24) is 0 Å². The van der Waals surface area contributed by atoms with Crippen LogP contribution in [0.1, 0.15) is 31.9 Å². The Hall–Kier alpha value is -1.34. The van der Waals surface area contributed by atoms with E-state index in [4.69, 9.17) is 0 Å². The zero-order valence-electron chi connectivity index (χ0n) is 11.3. The van der Waals surface area contributed by atoms with Crippen LogP contribution < -0.4 is 0 Å². The van der Waals surface area contributed by atoms with Crippen LogP contribution in [0.5, 0.6) is 0 Å². The fourth-order valence-corrected chi connectivity index (χ4v) is 3.35. The summed E-state index contributed by atoms with van der Waals surface area (Å²) in [6.07, 6.45) is 0.226. The smallest absolute Gasteiger partial charge is 0.171 e. The van der Waals surface area contributed by atoms with E-state index in [2.05, 4.69) is 0 Å². The van der Waals surface area contributed by atoms with Gasteiger partial charge in [-0.2, -0.15) is 5.26 Å². The van der Waals surface area contributed by atoms with Gasteiger partial charge in [-0.1, -0.05) is 29.8 Å². The summed E-state index contributed by atoms with van der Waals surface area (Å²) in [6.45, 7) is 6.69. The molecule has 1 atom stereocenters. The Morgan fingerprint density at radius 1 is 1.28 bits per heavy atom. The maximum absolute atomic E-state index is 12.2. The van der Waals surface area contributed by atoms with E-state index < -0.39 is 19.8 Å². The Kier molecular flexibility index (Phi) is 4.18. The molecule has 0 aromatic heterocycles. The summed E-state index contributed by atoms with van der Waals surface area (Å²) in [5.74, 6) is 0. The van der Waals surface area contributed by atoms with Crippen molar-refractivity contribution in [3.8, 4) is 6.07 Å². The van der Waals surface area contributed by atoms with Crippen LogP contribution in [-0.4, -0.2) is 18.4 Å². The van der Waals surface area contributed by atoms with Gasteiger partial charge in [-0.25, -0.2) is 8.42 Å². The Balaban J connectivity index is 3.13. The number of rotatable bonds is 4. The lowest BCUT2D eigenvalue weighted by molar-refractivity contribution is 0.555. The van der Waals surface area contributed by atoms with Gasteiger partial charge in [0.05, 0.1) is 11.3 Å². The van der Waals surface area contributed by atoms with Gasteiger partial charge in [0.1, 0.15) is 0 Å². The van der Waals surface area contributed by atoms with E-state index in [-0.39, 0.29) is 6.42 Å². The molecule has 98 valence electrons. The number of hydrogen-bond donors (Lipinski definition) is 0. The third-order valence-corrected chi connectivity index (χ3v) is 5.88. The molecule has 0 fully saturated rings. The van der Waals surface area contributed by atoms with Crippen molar-refractivity contribution >= 4 is 9.84 Å². The number of aryl methyl sites for hydroxylation is 1. The molecule has 18 heavy (non-hydrogen) atoms. The number of sulfone groups is 1. The number of benzene rings is 1. The Morgan fingerprint density at radius 2 is 1.78 bits per heavy atom. The summed E-state index contributed by atoms with van der Waals surface area (Å²) in [5.41, 5.74) is 1.98. The predicted octanol–water partition coefficient (Wildman–Crippen LogP) is 2.64. The maximum atomic E-state index is 12.2. The highest BCUT2D eigenvalue weighted by Crippen LogP contribution is 2.26. The third kappa shape index (κ3) is 2.73. The van der Waals surface area contributed by atoms with Crippen LogP contribution in [0.25, 0.3) is 0 Å². The molecular formula is C14H19NO2S. The van der Waals surface area contributed by atoms with E-state index >= 15 is 0 Å². The average molecular weight is 265 g/mol. The molecule has 0 radical (unpaired) electrons. The maximum Gasteiger partial charge on any atom is 0.171 e. The van der Waals surface area contributed by atoms with Crippen LogP contribution in [0.4, 0.5) is 0 Å². The second-order valence-electron chi connectivity index (χ2n) is 5.10. The SMILES string of the molecule is Cc1ccc(CC(C)(C#N)S(=O)(=O)C(C)C)cc1. The van der Waals surface area contributed by atoms with Crippen LogP contribution in [-0.2, 0) is 16.3 Å². The minimum atomic E-state index is -3.46. The van der Waals surface area contributed by atoms with E-state index in [9.17, 15) is 13.7 Å². The summed E-state index contributed by atoms with van der Waals surface area (Å²) in [7, 11) is -3.46. The highest BCUT2D eigenvalue weighted by molar-refractivity contribution is 7.93. The zero-order valence-corrected chi connectivity index (χ0v) is 12.1. The topological polar surface area (TPSA) is 57.9 Å². The first-order chi connectivity index (χ1) is 8.23. The summed E-state index contributed by atoms with van der Waals surface area (Å²) >= 11 is 0. The van der Waals surface area contributed by atoms with Crippen molar-refractivity contribution in [2.45, 2.75) is 44.1 Å². The molecule has 1 unspecified atom stereocenters. The molecule has 0 amide bonds. The van der Waals surface area contributed by atoms with E-state index in [1.54, 1.807) is 13.8 Å². The molecule has 1 aromatic carbocycles. The van der Waals surface area contributed by atoms with Gasteiger partial charge in [0.2, 0.25) is 0 Å². The summed E-state index contributed by atoms with van der Waals surface area (Å²) < 4.78 is 23.1. The van der Waals surface area contributed by atoms with Gasteiger partial charge in [0, 0.05) is 6.42 Å². The van der Waals surface area contributed by atoms with Crippen molar-refractivity contribution in [2.75, 3.05) is 0 Å². The van der Waals surface area contributed by atoms with Crippen LogP contribution >= 0.6 is 0 Å². The van der Waals surface area contributed by atoms with Gasteiger partial charge in [-0.05, 0) is 33.3 Å². The summed E-state index contributed by atoms with van der Waals surface area (Å²) in [6, 6.07) is 9.58. The van der Waals surface area contributed by atoms with Crippen molar-refractivity contribution in [3.05, 3.63) is 35.4 Å². The monoisotopic (exact) mass is 265 g/mol. The second kappa shape index (κ2) is 5.11. The summed E-state index contributed by atoms with van der Waals surface area (Å²) in [5, 5.41) is 8.71. The predicted molar refractivity (Wildman–Crippen MR) is 73.0 cm³/mol. The average Bonchev–Trinajstić information content (AvgIpc) is 2.31. The van der Waals surface area contributed by atoms with Gasteiger partial charge in [-0.3, -0.25) is 0 Å². The Bertz CT molecular complexity index is 552. The molecule has 0 aliphatic carbocycles. The quantitative estimate of drug-likeness (QED) is 0.841. The molecule has 4 heteroatoms. The van der Waals surface area contributed by atoms with Crippen LogP contribution in [0, 0.1) is 18.3 Å². The summed E-state index contributed by atoms with van der Waals surface area (Å²) in [4.78, 5) is 0. The lowest BCUT2D eigenvalue weighted by Gasteiger charge is -2.24. The molecule has 0 heterocycles. The number of nitriles is 1. The van der Waals surface area contributed by atoms with Crippen LogP contribution in [0.3, 0.4) is 0 Å². The van der Waals surface area contributed by atoms with Gasteiger partial charge in [-0.15, -0.1) is 0 Å². The molecule has 1 rings (SSSR count). The van der Waals surface area contributed by atoms with E-state index in [0.717, 1.165) is 11.1 Å². The molecule has 0 aliphatic rings. The molecular weight excluding hydrogens is 246 g/mol. The standard InChI is InChI=1S/C14H19NO2S/c1-11(2)18(16,17)14(4,10-15)9-13-7-5-12(3)6-8-13/h5-8,11H,9H2,1-4H3. The fourth-order valence-electron chi connectivity index (χ4n) is 1.82. The first kappa shape index (κ1) is 14.7. The zero-order chi connectivity index (χ0) is 14.0. The van der Waals surface area contributed by atoms with Crippen molar-refractivity contribution in [1.29, 1.82) is 5.26 Å². The Morgan fingerprint density at radius 3 is 2.17 bits per heavy atom. The minimum Gasteiger partial charge on any atom is -0.227 e. The van der Waals surface area contributed by atoms with E-state index in [1.165, 1.54) is 6.92 Å². The molecule has 0 spiro atoms. The molecule has 0 N–H and O–H groups in total. The lowest BCUT2D eigenvalue weighted by atomic mass is 10.0. The number of nitrogens with zero attached hydrogens (tertiary/aromatic N) is 1. The van der Waals surface area contributed by atoms with Crippen molar-refractivity contribution < 1.29 is 8.42 Å². The van der Waals surface area contributed by atoms with Gasteiger partial charge >= 0.3 is 0 Å². The van der Waals surface area contributed by atoms with Crippen molar-refractivity contribution in [3.63, 3.8) is 0 Å². The van der Waals surface area contributed by atoms with Gasteiger partial charge < -0.3 is 0 Å². The third-order valence-electron chi connectivity index (χ3n) is 3.15. The minimum absolute atomic E-state index is 0.226. The fraction of sp³-hybridized carbons (Fsp3) is 0.500. The molecule has 1 aromatic rings. The first-order valence-corrected chi connectivity index (χ1v) is 7.48. The molecule has 3 nitrogen and oxygen atoms in total. The van der Waals surface area contributed by atoms with E-state index in [0.29, 0.717) is 0 Å². The molecule has 0 saturated heterocycles. The lowest BCUT2D eigenvalue weighted by Crippen LogP contribution is -2.40. The van der Waals surface area contributed by atoms with Crippen LogP contribution in [0.2, 0.25) is 0 Å². The Labute approximate surface area is 109 Å².